The number of nitrogens with zero attached hydrogens (tertiary/aromatic N) is 1. The summed E-state index contributed by atoms with van der Waals surface area (Å²) in [5.74, 6) is 0. The van der Waals surface area contributed by atoms with E-state index in [0.717, 1.165) is 17.1 Å². The zero-order valence-electron chi connectivity index (χ0n) is 31.7. The van der Waals surface area contributed by atoms with Gasteiger partial charge in [0.05, 0.1) is 5.41 Å². The van der Waals surface area contributed by atoms with Crippen molar-refractivity contribution in [2.45, 2.75) is 12.3 Å². The summed E-state index contributed by atoms with van der Waals surface area (Å²) in [5.41, 5.74) is 14.1. The molecule has 0 spiro atoms. The molecule has 1 nitrogen and oxygen atoms in total. The first-order chi connectivity index (χ1) is 28.2. The lowest BCUT2D eigenvalue weighted by atomic mass is 9.66. The minimum absolute atomic E-state index is 0.613. The molecule has 10 aromatic carbocycles. The summed E-state index contributed by atoms with van der Waals surface area (Å²) >= 11 is 0. The second-order valence-corrected chi connectivity index (χ2v) is 15.4. The van der Waals surface area contributed by atoms with Crippen molar-refractivity contribution in [2.75, 3.05) is 4.90 Å². The Bertz CT molecular complexity index is 3060. The monoisotopic (exact) mass is 725 g/mol. The summed E-state index contributed by atoms with van der Waals surface area (Å²) in [6, 6.07) is 80.9. The van der Waals surface area contributed by atoms with E-state index in [2.05, 4.69) is 230 Å². The average Bonchev–Trinajstić information content (AvgIpc) is 3.57. The van der Waals surface area contributed by atoms with Gasteiger partial charge in [-0.3, -0.25) is 0 Å². The van der Waals surface area contributed by atoms with Gasteiger partial charge in [0.2, 0.25) is 0 Å². The van der Waals surface area contributed by atoms with Crippen LogP contribution in [0.3, 0.4) is 0 Å². The SMILES string of the molecule is Cc1cc2c(c3ccccc13)-c1ccc(N(c3ccccc3)c3cccc(-c4ccccc4)c3)cc1C2(c1ccc2ccccc2c1)c1ccc2ccccc2c1. The molecule has 0 unspecified atom stereocenters. The van der Waals surface area contributed by atoms with Crippen LogP contribution in [0.25, 0.3) is 54.6 Å². The molecule has 0 atom stereocenters. The van der Waals surface area contributed by atoms with E-state index in [4.69, 9.17) is 0 Å². The Morgan fingerprint density at radius 1 is 0.351 bits per heavy atom. The standard InChI is InChI=1S/C56H39N/c1-38-33-54-55(51-26-13-12-25-50(38)51)52-32-31-49(57(47-22-6-3-7-23-47)48-24-14-21-44(36-48)39-15-4-2-5-16-39)37-53(52)56(54,45-29-27-40-17-8-10-19-42(40)34-45)46-30-28-41-18-9-11-20-43(41)35-46/h2-37H,1H3. The van der Waals surface area contributed by atoms with Crippen molar-refractivity contribution in [3.05, 3.63) is 246 Å². The highest BCUT2D eigenvalue weighted by Gasteiger charge is 2.47. The minimum atomic E-state index is -0.613. The normalized spacial score (nSPS) is 12.8. The van der Waals surface area contributed by atoms with E-state index < -0.39 is 5.41 Å². The van der Waals surface area contributed by atoms with Gasteiger partial charge in [0.25, 0.3) is 0 Å². The van der Waals surface area contributed by atoms with Gasteiger partial charge in [0, 0.05) is 17.1 Å². The number of anilines is 3. The summed E-state index contributed by atoms with van der Waals surface area (Å²) in [6.45, 7) is 2.28. The van der Waals surface area contributed by atoms with Crippen molar-refractivity contribution in [3.63, 3.8) is 0 Å². The van der Waals surface area contributed by atoms with E-state index >= 15 is 0 Å². The number of hydrogen-bond donors (Lipinski definition) is 0. The first-order valence-corrected chi connectivity index (χ1v) is 19.8. The topological polar surface area (TPSA) is 3.24 Å². The quantitative estimate of drug-likeness (QED) is 0.165. The first-order valence-electron chi connectivity index (χ1n) is 19.8. The van der Waals surface area contributed by atoms with Crippen LogP contribution in [0.5, 0.6) is 0 Å². The van der Waals surface area contributed by atoms with Crippen molar-refractivity contribution in [1.82, 2.24) is 0 Å². The van der Waals surface area contributed by atoms with Gasteiger partial charge in [-0.15, -0.1) is 0 Å². The fraction of sp³-hybridized carbons (Fsp3) is 0.0357. The Balaban J connectivity index is 1.25. The second-order valence-electron chi connectivity index (χ2n) is 15.4. The average molecular weight is 726 g/mol. The van der Waals surface area contributed by atoms with Gasteiger partial charge in [0.1, 0.15) is 0 Å². The van der Waals surface area contributed by atoms with Crippen LogP contribution < -0.4 is 4.90 Å². The van der Waals surface area contributed by atoms with Crippen molar-refractivity contribution in [2.24, 2.45) is 0 Å². The maximum absolute atomic E-state index is 2.49. The van der Waals surface area contributed by atoms with Crippen molar-refractivity contribution >= 4 is 49.4 Å². The molecule has 0 saturated carbocycles. The maximum atomic E-state index is 2.49. The first kappa shape index (κ1) is 33.1. The molecular formula is C56H39N. The molecule has 10 aromatic rings. The Hall–Kier alpha value is -7.22. The summed E-state index contributed by atoms with van der Waals surface area (Å²) < 4.78 is 0. The molecule has 0 fully saturated rings. The third-order valence-corrected chi connectivity index (χ3v) is 12.2. The molecule has 1 aliphatic rings. The predicted molar refractivity (Wildman–Crippen MR) is 241 cm³/mol. The molecule has 0 aromatic heterocycles. The molecule has 0 heterocycles. The third kappa shape index (κ3) is 5.24. The van der Waals surface area contributed by atoms with Crippen LogP contribution >= 0.6 is 0 Å². The van der Waals surface area contributed by atoms with Crippen LogP contribution in [0.15, 0.2) is 218 Å². The molecule has 268 valence electrons. The summed E-state index contributed by atoms with van der Waals surface area (Å²) in [7, 11) is 0. The summed E-state index contributed by atoms with van der Waals surface area (Å²) in [6.07, 6.45) is 0. The lowest BCUT2D eigenvalue weighted by molar-refractivity contribution is 0.771. The van der Waals surface area contributed by atoms with Crippen molar-refractivity contribution in [3.8, 4) is 22.3 Å². The molecule has 0 saturated heterocycles. The molecule has 11 rings (SSSR count). The predicted octanol–water partition coefficient (Wildman–Crippen LogP) is 15.0. The fourth-order valence-electron chi connectivity index (χ4n) is 9.60. The van der Waals surface area contributed by atoms with Gasteiger partial charge in [-0.1, -0.05) is 170 Å². The van der Waals surface area contributed by atoms with Gasteiger partial charge in [-0.2, -0.15) is 0 Å². The highest BCUT2D eigenvalue weighted by atomic mass is 15.1. The van der Waals surface area contributed by atoms with E-state index in [-0.39, 0.29) is 0 Å². The van der Waals surface area contributed by atoms with Gasteiger partial charge in [-0.25, -0.2) is 0 Å². The summed E-state index contributed by atoms with van der Waals surface area (Å²) in [4.78, 5) is 2.42. The lowest BCUT2D eigenvalue weighted by Crippen LogP contribution is -2.29. The Labute approximate surface area is 333 Å². The van der Waals surface area contributed by atoms with Crippen molar-refractivity contribution in [1.29, 1.82) is 0 Å². The molecular weight excluding hydrogens is 687 g/mol. The van der Waals surface area contributed by atoms with Gasteiger partial charge in [0.15, 0.2) is 0 Å². The van der Waals surface area contributed by atoms with Crippen LogP contribution in [0.4, 0.5) is 17.1 Å². The van der Waals surface area contributed by atoms with E-state index in [1.165, 1.54) is 82.4 Å². The largest absolute Gasteiger partial charge is 0.310 e. The van der Waals surface area contributed by atoms with Gasteiger partial charge < -0.3 is 4.90 Å². The van der Waals surface area contributed by atoms with Crippen molar-refractivity contribution < 1.29 is 0 Å². The van der Waals surface area contributed by atoms with Crippen LogP contribution in [-0.2, 0) is 5.41 Å². The Morgan fingerprint density at radius 3 is 1.58 bits per heavy atom. The van der Waals surface area contributed by atoms with E-state index in [1.54, 1.807) is 0 Å². The van der Waals surface area contributed by atoms with Crippen LogP contribution in [0.2, 0.25) is 0 Å². The van der Waals surface area contributed by atoms with E-state index in [9.17, 15) is 0 Å². The molecule has 0 N–H and O–H groups in total. The molecule has 57 heavy (non-hydrogen) atoms. The highest BCUT2D eigenvalue weighted by Crippen LogP contribution is 2.60. The smallest absolute Gasteiger partial charge is 0.0715 e. The maximum Gasteiger partial charge on any atom is 0.0715 e. The zero-order valence-corrected chi connectivity index (χ0v) is 31.7. The lowest BCUT2D eigenvalue weighted by Gasteiger charge is -2.35. The van der Waals surface area contributed by atoms with E-state index in [1.807, 2.05) is 0 Å². The van der Waals surface area contributed by atoms with Crippen LogP contribution in [-0.4, -0.2) is 0 Å². The minimum Gasteiger partial charge on any atom is -0.310 e. The number of aryl methyl sites for hydroxylation is 1. The number of para-hydroxylation sites is 1. The van der Waals surface area contributed by atoms with Gasteiger partial charge >= 0.3 is 0 Å². The number of hydrogen-bond acceptors (Lipinski definition) is 1. The summed E-state index contributed by atoms with van der Waals surface area (Å²) in [5, 5.41) is 7.55. The molecule has 0 radical (unpaired) electrons. The Morgan fingerprint density at radius 2 is 0.895 bits per heavy atom. The molecule has 0 bridgehead atoms. The molecule has 1 aliphatic carbocycles. The number of benzene rings is 10. The third-order valence-electron chi connectivity index (χ3n) is 12.2. The fourth-order valence-corrected chi connectivity index (χ4v) is 9.60. The van der Waals surface area contributed by atoms with Crippen LogP contribution in [0.1, 0.15) is 27.8 Å². The van der Waals surface area contributed by atoms with E-state index in [0.29, 0.717) is 0 Å². The molecule has 1 heteroatoms. The second kappa shape index (κ2) is 13.2. The zero-order chi connectivity index (χ0) is 37.9. The van der Waals surface area contributed by atoms with Crippen LogP contribution in [0, 0.1) is 6.92 Å². The highest BCUT2D eigenvalue weighted by molar-refractivity contribution is 6.06. The molecule has 0 aliphatic heterocycles. The Kier molecular flexibility index (Phi) is 7.69. The molecule has 0 amide bonds. The number of fused-ring (bicyclic) bond motifs is 7. The van der Waals surface area contributed by atoms with Gasteiger partial charge in [-0.05, 0) is 138 Å². The number of rotatable bonds is 6.